The predicted molar refractivity (Wildman–Crippen MR) is 121 cm³/mol. The molecule has 16 heteroatoms. The van der Waals surface area contributed by atoms with E-state index in [1.807, 2.05) is 0 Å². The maximum absolute atomic E-state index is 12.9. The topological polar surface area (TPSA) is 177 Å². The Morgan fingerprint density at radius 3 is 2.74 bits per heavy atom. The number of halogens is 1. The Hall–Kier alpha value is -3.17. The number of rotatable bonds is 9. The van der Waals surface area contributed by atoms with Crippen LogP contribution >= 0.6 is 34.7 Å². The molecule has 2 aliphatic heterocycles. The first-order chi connectivity index (χ1) is 16.2. The summed E-state index contributed by atoms with van der Waals surface area (Å²) in [5, 5.41) is 19.2. The summed E-state index contributed by atoms with van der Waals surface area (Å²) in [5.74, 6) is -3.93. The van der Waals surface area contributed by atoms with Crippen molar-refractivity contribution in [2.75, 3.05) is 30.7 Å². The number of carboxylic acid groups (broad SMARTS) is 1. The Morgan fingerprint density at radius 2 is 2.12 bits per heavy atom. The van der Waals surface area contributed by atoms with Gasteiger partial charge in [-0.2, -0.15) is 0 Å². The predicted octanol–water partition coefficient (Wildman–Crippen LogP) is -0.0274. The molecule has 3 N–H and O–H groups in total. The number of carbonyl (C=O) groups excluding carboxylic acids is 4. The van der Waals surface area contributed by atoms with Crippen molar-refractivity contribution in [1.82, 2.24) is 15.2 Å². The largest absolute Gasteiger partial charge is 0.477 e. The minimum Gasteiger partial charge on any atom is -0.477 e. The highest BCUT2D eigenvalue weighted by Crippen LogP contribution is 2.40. The third-order valence-corrected chi connectivity index (χ3v) is 6.84. The van der Waals surface area contributed by atoms with Crippen molar-refractivity contribution in [2.24, 2.45) is 5.16 Å². The zero-order valence-electron chi connectivity index (χ0n) is 17.7. The van der Waals surface area contributed by atoms with Crippen LogP contribution in [0.5, 0.6) is 0 Å². The van der Waals surface area contributed by atoms with Gasteiger partial charge in [0, 0.05) is 23.6 Å². The first-order valence-electron chi connectivity index (χ1n) is 9.45. The zero-order valence-corrected chi connectivity index (χ0v) is 20.1. The van der Waals surface area contributed by atoms with E-state index in [0.29, 0.717) is 0 Å². The van der Waals surface area contributed by atoms with Gasteiger partial charge >= 0.3 is 11.9 Å². The summed E-state index contributed by atoms with van der Waals surface area (Å²) in [6, 6.07) is -1.03. The molecule has 2 atom stereocenters. The van der Waals surface area contributed by atoms with Crippen molar-refractivity contribution in [1.29, 1.82) is 0 Å². The number of hydrogen-bond acceptors (Lipinski definition) is 11. The van der Waals surface area contributed by atoms with Gasteiger partial charge in [0.2, 0.25) is 5.91 Å². The molecule has 34 heavy (non-hydrogen) atoms. The minimum atomic E-state index is -1.35. The van der Waals surface area contributed by atoms with Crippen molar-refractivity contribution in [3.63, 3.8) is 0 Å². The smallest absolute Gasteiger partial charge is 0.352 e. The summed E-state index contributed by atoms with van der Waals surface area (Å²) in [7, 11) is 1.22. The van der Waals surface area contributed by atoms with Crippen LogP contribution in [0.25, 0.3) is 0 Å². The van der Waals surface area contributed by atoms with Crippen LogP contribution in [0.15, 0.2) is 21.8 Å². The Labute approximate surface area is 205 Å². The number of hydrogen-bond donors (Lipinski definition) is 3. The molecule has 0 saturated carbocycles. The number of esters is 1. The molecule has 1 saturated heterocycles. The molecule has 0 unspecified atom stereocenters. The number of carbonyl (C=O) groups is 5. The second-order valence-corrected chi connectivity index (χ2v) is 8.97. The molecule has 1 aromatic heterocycles. The molecule has 0 radical (unpaired) electrons. The molecular formula is C18H18ClN5O8S2. The number of fused-ring (bicyclic) bond motifs is 1. The van der Waals surface area contributed by atoms with Gasteiger partial charge in [0.05, 0.1) is 0 Å². The summed E-state index contributed by atoms with van der Waals surface area (Å²) < 4.78 is 4.89. The van der Waals surface area contributed by atoms with Gasteiger partial charge in [-0.05, 0) is 0 Å². The van der Waals surface area contributed by atoms with Crippen molar-refractivity contribution in [3.05, 3.63) is 22.3 Å². The number of nitrogens with one attached hydrogen (secondary N) is 2. The molecule has 3 amide bonds. The van der Waals surface area contributed by atoms with E-state index in [1.165, 1.54) is 31.2 Å². The maximum atomic E-state index is 12.9. The Bertz CT molecular complexity index is 1100. The van der Waals surface area contributed by atoms with Gasteiger partial charge < -0.3 is 25.3 Å². The van der Waals surface area contributed by atoms with Gasteiger partial charge in [-0.3, -0.25) is 24.1 Å². The SMILES string of the molecule is CO/N=C(/C(=O)N[C@@H]1C(=O)N2C(C(=O)O)=C(COC(C)=O)CS[C@H]12)c1csc(NC(=O)CCl)n1. The average Bonchev–Trinajstić information content (AvgIpc) is 3.26. The highest BCUT2D eigenvalue weighted by Gasteiger charge is 2.54. The fourth-order valence-corrected chi connectivity index (χ4v) is 5.19. The van der Waals surface area contributed by atoms with Crippen LogP contribution in [0.1, 0.15) is 12.6 Å². The number of amides is 3. The van der Waals surface area contributed by atoms with Crippen LogP contribution in [-0.4, -0.2) is 87.1 Å². The summed E-state index contributed by atoms with van der Waals surface area (Å²) in [5.41, 5.74) is -0.158. The third-order valence-electron chi connectivity index (χ3n) is 4.50. The molecule has 13 nitrogen and oxygen atoms in total. The molecule has 3 rings (SSSR count). The second kappa shape index (κ2) is 10.8. The molecule has 0 aliphatic carbocycles. The third kappa shape index (κ3) is 5.31. The number of anilines is 1. The van der Waals surface area contributed by atoms with Crippen molar-refractivity contribution < 1.29 is 38.7 Å². The van der Waals surface area contributed by atoms with Gasteiger partial charge in [-0.15, -0.1) is 34.7 Å². The monoisotopic (exact) mass is 531 g/mol. The summed E-state index contributed by atoms with van der Waals surface area (Å²) in [6.07, 6.45) is 0. The van der Waals surface area contributed by atoms with Crippen LogP contribution in [0.4, 0.5) is 5.13 Å². The number of carboxylic acids is 1. The van der Waals surface area contributed by atoms with E-state index >= 15 is 0 Å². The van der Waals surface area contributed by atoms with Crippen molar-refractivity contribution in [2.45, 2.75) is 18.3 Å². The second-order valence-electron chi connectivity index (χ2n) is 6.74. The molecule has 1 aromatic rings. The minimum absolute atomic E-state index is 0.0870. The Morgan fingerprint density at radius 1 is 1.38 bits per heavy atom. The highest BCUT2D eigenvalue weighted by atomic mass is 35.5. The Balaban J connectivity index is 1.75. The van der Waals surface area contributed by atoms with E-state index in [9.17, 15) is 29.1 Å². The zero-order chi connectivity index (χ0) is 25.0. The summed E-state index contributed by atoms with van der Waals surface area (Å²) in [4.78, 5) is 69.8. The molecule has 0 aromatic carbocycles. The van der Waals surface area contributed by atoms with E-state index in [4.69, 9.17) is 21.2 Å². The Kier molecular flexibility index (Phi) is 8.11. The summed E-state index contributed by atoms with van der Waals surface area (Å²) in [6.45, 7) is 0.935. The lowest BCUT2D eigenvalue weighted by Crippen LogP contribution is -2.71. The van der Waals surface area contributed by atoms with E-state index in [0.717, 1.165) is 16.2 Å². The average molecular weight is 532 g/mol. The fraction of sp³-hybridized carbons (Fsp3) is 0.389. The number of aromatic nitrogens is 1. The van der Waals surface area contributed by atoms with Gasteiger partial charge in [-0.25, -0.2) is 9.78 Å². The van der Waals surface area contributed by atoms with Gasteiger partial charge in [-0.1, -0.05) is 5.16 Å². The molecule has 0 bridgehead atoms. The van der Waals surface area contributed by atoms with Crippen molar-refractivity contribution >= 4 is 75.2 Å². The van der Waals surface area contributed by atoms with Crippen LogP contribution in [-0.2, 0) is 33.5 Å². The van der Waals surface area contributed by atoms with Crippen LogP contribution in [0.2, 0.25) is 0 Å². The lowest BCUT2D eigenvalue weighted by molar-refractivity contribution is -0.150. The van der Waals surface area contributed by atoms with Crippen LogP contribution in [0.3, 0.4) is 0 Å². The number of ether oxygens (including phenoxy) is 1. The first-order valence-corrected chi connectivity index (χ1v) is 11.9. The number of nitrogens with zero attached hydrogens (tertiary/aromatic N) is 3. The van der Waals surface area contributed by atoms with E-state index < -0.39 is 41.1 Å². The number of thioether (sulfide) groups is 1. The number of thiazole rings is 1. The molecule has 2 aliphatic rings. The summed E-state index contributed by atoms with van der Waals surface area (Å²) >= 11 is 7.69. The molecule has 1 fully saturated rings. The van der Waals surface area contributed by atoms with Crippen LogP contribution in [0, 0.1) is 0 Å². The van der Waals surface area contributed by atoms with E-state index in [1.54, 1.807) is 0 Å². The number of alkyl halides is 1. The molecular weight excluding hydrogens is 514 g/mol. The van der Waals surface area contributed by atoms with Gasteiger partial charge in [0.25, 0.3) is 11.8 Å². The molecule has 0 spiro atoms. The van der Waals surface area contributed by atoms with Gasteiger partial charge in [0.15, 0.2) is 10.8 Å². The quantitative estimate of drug-likeness (QED) is 0.129. The van der Waals surface area contributed by atoms with Crippen molar-refractivity contribution in [3.8, 4) is 0 Å². The highest BCUT2D eigenvalue weighted by molar-refractivity contribution is 8.00. The number of aliphatic carboxylic acids is 1. The molecule has 182 valence electrons. The van der Waals surface area contributed by atoms with E-state index in [2.05, 4.69) is 20.8 Å². The standard InChI is InChI=1S/C18H18ClN5O8S2/c1-7(25)32-4-8-5-33-16-12(15(28)24(16)13(8)17(29)30)22-14(27)11(23-31-2)9-6-34-18(20-9)21-10(26)3-19/h6,12,16H,3-5H2,1-2H3,(H,22,27)(H,29,30)(H,20,21,26)/b23-11+/t12-,16-/m1/s1. The lowest BCUT2D eigenvalue weighted by atomic mass is 10.0. The lowest BCUT2D eigenvalue weighted by Gasteiger charge is -2.49. The maximum Gasteiger partial charge on any atom is 0.352 e. The number of β-lactam (4-membered cyclic amide) rings is 1. The first kappa shape index (κ1) is 25.5. The van der Waals surface area contributed by atoms with Gasteiger partial charge in [0.1, 0.15) is 42.4 Å². The number of oxime groups is 1. The van der Waals surface area contributed by atoms with E-state index in [-0.39, 0.29) is 46.0 Å². The van der Waals surface area contributed by atoms with Crippen LogP contribution < -0.4 is 10.6 Å². The fourth-order valence-electron chi connectivity index (χ4n) is 3.08. The molecule has 3 heterocycles. The normalized spacial score (nSPS) is 19.7.